The molecule has 5 nitrogen and oxygen atoms in total. The van der Waals surface area contributed by atoms with Gasteiger partial charge in [-0.1, -0.05) is 36.4 Å². The van der Waals surface area contributed by atoms with E-state index in [1.807, 2.05) is 20.2 Å². The van der Waals surface area contributed by atoms with Crippen molar-refractivity contribution in [2.24, 2.45) is 10.9 Å². The minimum atomic E-state index is 0. The first-order chi connectivity index (χ1) is 14.7. The van der Waals surface area contributed by atoms with Crippen LogP contribution in [0.5, 0.6) is 0 Å². The molecule has 2 saturated heterocycles. The van der Waals surface area contributed by atoms with Crippen molar-refractivity contribution in [2.45, 2.75) is 45.2 Å². The van der Waals surface area contributed by atoms with Crippen LogP contribution in [0.2, 0.25) is 0 Å². The van der Waals surface area contributed by atoms with Gasteiger partial charge >= 0.3 is 0 Å². The Morgan fingerprint density at radius 1 is 1.10 bits per heavy atom. The number of guanidine groups is 1. The van der Waals surface area contributed by atoms with Crippen molar-refractivity contribution in [2.75, 3.05) is 33.2 Å². The number of aryl methyl sites for hydroxylation is 1. The molecular weight excluding hydrogens is 497 g/mol. The third-order valence-electron chi connectivity index (χ3n) is 6.59. The number of benzene rings is 1. The molecule has 4 rings (SSSR count). The Hall–Kier alpha value is -1.67. The van der Waals surface area contributed by atoms with Crippen LogP contribution in [-0.2, 0) is 13.0 Å². The van der Waals surface area contributed by atoms with Gasteiger partial charge in [0.15, 0.2) is 5.96 Å². The molecule has 2 atom stereocenters. The van der Waals surface area contributed by atoms with Crippen LogP contribution >= 0.6 is 24.0 Å². The Morgan fingerprint density at radius 3 is 2.68 bits per heavy atom. The molecule has 168 valence electrons. The lowest BCUT2D eigenvalue weighted by Gasteiger charge is -2.48. The standard InChI is InChI=1S/C25H35N5.HI/c1-20-10-11-21(17-28-20)12-14-27-25(26-2)30-16-13-24-23(19-30)9-6-15-29(24)18-22-7-4-3-5-8-22;/h3-5,7-8,10-11,17,23-24H,6,9,12-16,18-19H2,1-2H3,(H,26,27);1H. The fourth-order valence-electron chi connectivity index (χ4n) is 5.01. The molecule has 0 amide bonds. The Kier molecular flexibility index (Phi) is 9.14. The summed E-state index contributed by atoms with van der Waals surface area (Å²) in [5, 5.41) is 3.58. The van der Waals surface area contributed by atoms with Gasteiger partial charge in [0.25, 0.3) is 0 Å². The number of nitrogens with zero attached hydrogens (tertiary/aromatic N) is 4. The Labute approximate surface area is 204 Å². The first kappa shape index (κ1) is 24.0. The maximum atomic E-state index is 4.58. The number of hydrogen-bond acceptors (Lipinski definition) is 3. The van der Waals surface area contributed by atoms with Gasteiger partial charge in [0.2, 0.25) is 0 Å². The minimum Gasteiger partial charge on any atom is -0.356 e. The molecule has 1 N–H and O–H groups in total. The van der Waals surface area contributed by atoms with Gasteiger partial charge < -0.3 is 10.2 Å². The molecule has 1 aromatic heterocycles. The number of piperidine rings is 2. The van der Waals surface area contributed by atoms with E-state index in [0.717, 1.165) is 50.2 Å². The van der Waals surface area contributed by atoms with Crippen molar-refractivity contribution in [3.8, 4) is 0 Å². The number of hydrogen-bond donors (Lipinski definition) is 1. The minimum absolute atomic E-state index is 0. The fourth-order valence-corrected chi connectivity index (χ4v) is 5.01. The van der Waals surface area contributed by atoms with Crippen LogP contribution < -0.4 is 5.32 Å². The van der Waals surface area contributed by atoms with E-state index in [9.17, 15) is 0 Å². The zero-order valence-electron chi connectivity index (χ0n) is 18.8. The summed E-state index contributed by atoms with van der Waals surface area (Å²) in [6.07, 6.45) is 6.80. The predicted octanol–water partition coefficient (Wildman–Crippen LogP) is 4.11. The maximum absolute atomic E-state index is 4.58. The zero-order chi connectivity index (χ0) is 20.8. The summed E-state index contributed by atoms with van der Waals surface area (Å²) in [6.45, 7) is 7.43. The molecule has 0 bridgehead atoms. The third-order valence-corrected chi connectivity index (χ3v) is 6.59. The molecular formula is C25H36IN5. The number of rotatable bonds is 5. The number of aliphatic imine (C=N–C) groups is 1. The number of likely N-dealkylation sites (tertiary alicyclic amines) is 2. The van der Waals surface area contributed by atoms with Crippen molar-refractivity contribution in [1.82, 2.24) is 20.1 Å². The molecule has 31 heavy (non-hydrogen) atoms. The number of nitrogens with one attached hydrogen (secondary N) is 1. The number of halogens is 1. The van der Waals surface area contributed by atoms with Crippen LogP contribution in [0, 0.1) is 12.8 Å². The second-order valence-corrected chi connectivity index (χ2v) is 8.69. The topological polar surface area (TPSA) is 43.8 Å². The van der Waals surface area contributed by atoms with Gasteiger partial charge in [-0.05, 0) is 62.3 Å². The molecule has 1 aromatic carbocycles. The Balaban J connectivity index is 0.00000272. The zero-order valence-corrected chi connectivity index (χ0v) is 21.2. The SMILES string of the molecule is CN=C(NCCc1ccc(C)nc1)N1CCC2C(CCCN2Cc2ccccc2)C1.I. The highest BCUT2D eigenvalue weighted by Gasteiger charge is 2.36. The molecule has 0 aliphatic carbocycles. The molecule has 2 fully saturated rings. The van der Waals surface area contributed by atoms with Crippen molar-refractivity contribution in [1.29, 1.82) is 0 Å². The van der Waals surface area contributed by atoms with Gasteiger partial charge in [-0.15, -0.1) is 24.0 Å². The van der Waals surface area contributed by atoms with Crippen LogP contribution in [0.25, 0.3) is 0 Å². The number of aromatic nitrogens is 1. The summed E-state index contributed by atoms with van der Waals surface area (Å²) < 4.78 is 0. The van der Waals surface area contributed by atoms with Gasteiger partial charge in [0.1, 0.15) is 0 Å². The van der Waals surface area contributed by atoms with Crippen molar-refractivity contribution in [3.05, 3.63) is 65.5 Å². The van der Waals surface area contributed by atoms with E-state index in [4.69, 9.17) is 0 Å². The van der Waals surface area contributed by atoms with Crippen molar-refractivity contribution < 1.29 is 0 Å². The highest BCUT2D eigenvalue weighted by atomic mass is 127. The molecule has 0 spiro atoms. The first-order valence-corrected chi connectivity index (χ1v) is 11.4. The summed E-state index contributed by atoms with van der Waals surface area (Å²) in [5.74, 6) is 1.78. The molecule has 2 aromatic rings. The normalized spacial score (nSPS) is 21.9. The van der Waals surface area contributed by atoms with E-state index in [-0.39, 0.29) is 24.0 Å². The first-order valence-electron chi connectivity index (χ1n) is 11.4. The molecule has 3 heterocycles. The van der Waals surface area contributed by atoms with Gasteiger partial charge in [0, 0.05) is 51.2 Å². The van der Waals surface area contributed by atoms with E-state index in [0.29, 0.717) is 6.04 Å². The summed E-state index contributed by atoms with van der Waals surface area (Å²) in [7, 11) is 1.91. The summed E-state index contributed by atoms with van der Waals surface area (Å²) in [6, 6.07) is 15.9. The Morgan fingerprint density at radius 2 is 1.94 bits per heavy atom. The van der Waals surface area contributed by atoms with E-state index in [2.05, 4.69) is 67.6 Å². The number of fused-ring (bicyclic) bond motifs is 1. The largest absolute Gasteiger partial charge is 0.356 e. The third kappa shape index (κ3) is 6.42. The maximum Gasteiger partial charge on any atom is 0.193 e. The summed E-state index contributed by atoms with van der Waals surface area (Å²) >= 11 is 0. The summed E-state index contributed by atoms with van der Waals surface area (Å²) in [5.41, 5.74) is 3.77. The molecule has 0 radical (unpaired) electrons. The lowest BCUT2D eigenvalue weighted by atomic mass is 9.83. The van der Waals surface area contributed by atoms with Crippen LogP contribution in [0.1, 0.15) is 36.1 Å². The quantitative estimate of drug-likeness (QED) is 0.357. The van der Waals surface area contributed by atoms with Gasteiger partial charge in [-0.3, -0.25) is 14.9 Å². The van der Waals surface area contributed by atoms with E-state index >= 15 is 0 Å². The summed E-state index contributed by atoms with van der Waals surface area (Å²) in [4.78, 5) is 14.2. The molecule has 2 aliphatic heterocycles. The van der Waals surface area contributed by atoms with Crippen LogP contribution in [0.3, 0.4) is 0 Å². The van der Waals surface area contributed by atoms with Gasteiger partial charge in [-0.2, -0.15) is 0 Å². The smallest absolute Gasteiger partial charge is 0.193 e. The second kappa shape index (κ2) is 11.8. The van der Waals surface area contributed by atoms with Gasteiger partial charge in [0.05, 0.1) is 0 Å². The second-order valence-electron chi connectivity index (χ2n) is 8.69. The van der Waals surface area contributed by atoms with Gasteiger partial charge in [-0.25, -0.2) is 0 Å². The fraction of sp³-hybridized carbons (Fsp3) is 0.520. The molecule has 0 saturated carbocycles. The lowest BCUT2D eigenvalue weighted by Crippen LogP contribution is -2.56. The predicted molar refractivity (Wildman–Crippen MR) is 139 cm³/mol. The van der Waals surface area contributed by atoms with Crippen molar-refractivity contribution in [3.63, 3.8) is 0 Å². The van der Waals surface area contributed by atoms with E-state index in [1.165, 1.54) is 36.9 Å². The monoisotopic (exact) mass is 533 g/mol. The Bertz CT molecular complexity index is 824. The molecule has 6 heteroatoms. The highest BCUT2D eigenvalue weighted by Crippen LogP contribution is 2.31. The molecule has 2 aliphatic rings. The highest BCUT2D eigenvalue weighted by molar-refractivity contribution is 14.0. The van der Waals surface area contributed by atoms with Crippen molar-refractivity contribution >= 4 is 29.9 Å². The van der Waals surface area contributed by atoms with Crippen LogP contribution in [-0.4, -0.2) is 60.0 Å². The average molecular weight is 534 g/mol. The van der Waals surface area contributed by atoms with E-state index < -0.39 is 0 Å². The van der Waals surface area contributed by atoms with Crippen LogP contribution in [0.4, 0.5) is 0 Å². The lowest BCUT2D eigenvalue weighted by molar-refractivity contribution is 0.0373. The molecule has 2 unspecified atom stereocenters. The number of pyridine rings is 1. The average Bonchev–Trinajstić information content (AvgIpc) is 2.78. The van der Waals surface area contributed by atoms with Crippen LogP contribution in [0.15, 0.2) is 53.7 Å². The van der Waals surface area contributed by atoms with E-state index in [1.54, 1.807) is 0 Å².